The zero-order chi connectivity index (χ0) is 21.0. The molecular weight excluding hydrogens is 364 g/mol. The van der Waals surface area contributed by atoms with Crippen LogP contribution in [-0.2, 0) is 4.79 Å². The van der Waals surface area contributed by atoms with Gasteiger partial charge in [0.1, 0.15) is 5.82 Å². The Hall–Kier alpha value is -2.89. The van der Waals surface area contributed by atoms with Crippen LogP contribution in [0.15, 0.2) is 36.5 Å². The minimum absolute atomic E-state index is 0.0257. The lowest BCUT2D eigenvalue weighted by Crippen LogP contribution is -2.48. The smallest absolute Gasteiger partial charge is 0.254 e. The highest BCUT2D eigenvalue weighted by Crippen LogP contribution is 2.34. The number of carbonyl (C=O) groups is 2. The zero-order valence-corrected chi connectivity index (χ0v) is 17.7. The number of para-hydroxylation sites is 1. The first kappa shape index (κ1) is 20.8. The number of hydrogen-bond acceptors (Lipinski definition) is 4. The summed E-state index contributed by atoms with van der Waals surface area (Å²) in [5.74, 6) is 1.38. The molecule has 1 aliphatic heterocycles. The van der Waals surface area contributed by atoms with Crippen LogP contribution in [0.3, 0.4) is 0 Å². The number of benzene rings is 1. The van der Waals surface area contributed by atoms with Gasteiger partial charge in [0, 0.05) is 43.6 Å². The number of aromatic nitrogens is 1. The van der Waals surface area contributed by atoms with Crippen molar-refractivity contribution in [3.63, 3.8) is 0 Å². The van der Waals surface area contributed by atoms with Crippen molar-refractivity contribution in [2.45, 2.75) is 39.5 Å². The fourth-order valence-electron chi connectivity index (χ4n) is 3.67. The zero-order valence-electron chi connectivity index (χ0n) is 17.7. The van der Waals surface area contributed by atoms with Crippen LogP contribution >= 0.6 is 0 Å². The van der Waals surface area contributed by atoms with E-state index in [2.05, 4.69) is 56.2 Å². The highest BCUT2D eigenvalue weighted by molar-refractivity contribution is 5.95. The average Bonchev–Trinajstić information content (AvgIpc) is 2.73. The standard InChI is InChI=1S/C23H30N4O2/c1-16(2)19-6-5-7-20(17(3)4)22(19)25-21-14-18(8-9-24-21)23(29)27-12-10-26(15-28)11-13-27/h5-9,14-17H,10-13H2,1-4H3,(H,24,25). The second-order valence-electron chi connectivity index (χ2n) is 8.11. The van der Waals surface area contributed by atoms with E-state index in [9.17, 15) is 9.59 Å². The van der Waals surface area contributed by atoms with Crippen LogP contribution < -0.4 is 5.32 Å². The molecule has 0 saturated carbocycles. The van der Waals surface area contributed by atoms with Crippen LogP contribution in [0.25, 0.3) is 0 Å². The Morgan fingerprint density at radius 1 is 1.03 bits per heavy atom. The van der Waals surface area contributed by atoms with Crippen LogP contribution in [0.2, 0.25) is 0 Å². The van der Waals surface area contributed by atoms with Crippen LogP contribution in [-0.4, -0.2) is 53.3 Å². The van der Waals surface area contributed by atoms with Crippen molar-refractivity contribution in [2.75, 3.05) is 31.5 Å². The molecular formula is C23H30N4O2. The number of rotatable bonds is 6. The van der Waals surface area contributed by atoms with Crippen LogP contribution in [0.1, 0.15) is 61.0 Å². The number of hydrogen-bond donors (Lipinski definition) is 1. The maximum Gasteiger partial charge on any atom is 0.254 e. The highest BCUT2D eigenvalue weighted by Gasteiger charge is 2.22. The SMILES string of the molecule is CC(C)c1cccc(C(C)C)c1Nc1cc(C(=O)N2CCN(C=O)CC2)ccn1. The fraction of sp³-hybridized carbons (Fsp3) is 0.435. The summed E-state index contributed by atoms with van der Waals surface area (Å²) in [4.78, 5) is 31.7. The van der Waals surface area contributed by atoms with E-state index < -0.39 is 0 Å². The summed E-state index contributed by atoms with van der Waals surface area (Å²) in [6.45, 7) is 11.0. The molecule has 2 aromatic rings. The summed E-state index contributed by atoms with van der Waals surface area (Å²) in [5.41, 5.74) is 4.16. The van der Waals surface area contributed by atoms with E-state index in [1.807, 2.05) is 6.07 Å². The molecule has 0 radical (unpaired) electrons. The summed E-state index contributed by atoms with van der Waals surface area (Å²) >= 11 is 0. The minimum atomic E-state index is -0.0257. The van der Waals surface area contributed by atoms with Crippen molar-refractivity contribution in [2.24, 2.45) is 0 Å². The first-order valence-electron chi connectivity index (χ1n) is 10.2. The molecule has 1 aromatic heterocycles. The Morgan fingerprint density at radius 3 is 2.21 bits per heavy atom. The van der Waals surface area contributed by atoms with Gasteiger partial charge in [-0.3, -0.25) is 9.59 Å². The lowest BCUT2D eigenvalue weighted by atomic mass is 9.92. The van der Waals surface area contributed by atoms with Crippen LogP contribution in [0.5, 0.6) is 0 Å². The normalized spacial score (nSPS) is 14.4. The van der Waals surface area contributed by atoms with Crippen molar-refractivity contribution in [1.29, 1.82) is 0 Å². The highest BCUT2D eigenvalue weighted by atomic mass is 16.2. The first-order chi connectivity index (χ1) is 13.9. The van der Waals surface area contributed by atoms with E-state index in [1.54, 1.807) is 22.1 Å². The molecule has 6 nitrogen and oxygen atoms in total. The van der Waals surface area contributed by atoms with E-state index >= 15 is 0 Å². The molecule has 6 heteroatoms. The summed E-state index contributed by atoms with van der Waals surface area (Å²) in [7, 11) is 0. The number of piperazine rings is 1. The molecule has 0 atom stereocenters. The molecule has 2 heterocycles. The molecule has 2 amide bonds. The second kappa shape index (κ2) is 9.07. The third-order valence-electron chi connectivity index (χ3n) is 5.38. The number of pyridine rings is 1. The van der Waals surface area contributed by atoms with Gasteiger partial charge >= 0.3 is 0 Å². The monoisotopic (exact) mass is 394 g/mol. The van der Waals surface area contributed by atoms with Gasteiger partial charge < -0.3 is 15.1 Å². The third-order valence-corrected chi connectivity index (χ3v) is 5.38. The van der Waals surface area contributed by atoms with E-state index in [0.29, 0.717) is 49.4 Å². The van der Waals surface area contributed by atoms with Gasteiger partial charge in [0.25, 0.3) is 5.91 Å². The van der Waals surface area contributed by atoms with E-state index in [-0.39, 0.29) is 5.91 Å². The second-order valence-corrected chi connectivity index (χ2v) is 8.11. The molecule has 1 aliphatic rings. The molecule has 29 heavy (non-hydrogen) atoms. The Balaban J connectivity index is 1.84. The predicted octanol–water partition coefficient (Wildman–Crippen LogP) is 3.99. The molecule has 1 fully saturated rings. The maximum absolute atomic E-state index is 12.9. The van der Waals surface area contributed by atoms with E-state index in [0.717, 1.165) is 12.1 Å². The predicted molar refractivity (Wildman–Crippen MR) is 116 cm³/mol. The Morgan fingerprint density at radius 2 is 1.66 bits per heavy atom. The molecule has 1 N–H and O–H groups in total. The lowest BCUT2D eigenvalue weighted by molar-refractivity contribution is -0.119. The quantitative estimate of drug-likeness (QED) is 0.753. The van der Waals surface area contributed by atoms with Gasteiger partial charge in [-0.05, 0) is 35.1 Å². The molecule has 0 aliphatic carbocycles. The Bertz CT molecular complexity index is 845. The summed E-state index contributed by atoms with van der Waals surface area (Å²) in [6.07, 6.45) is 2.51. The number of anilines is 2. The Labute approximate surface area is 172 Å². The van der Waals surface area contributed by atoms with Crippen LogP contribution in [0.4, 0.5) is 11.5 Å². The minimum Gasteiger partial charge on any atom is -0.342 e. The largest absolute Gasteiger partial charge is 0.342 e. The summed E-state index contributed by atoms with van der Waals surface area (Å²) in [5, 5.41) is 3.48. The summed E-state index contributed by atoms with van der Waals surface area (Å²) < 4.78 is 0. The van der Waals surface area contributed by atoms with Crippen molar-refractivity contribution in [3.05, 3.63) is 53.2 Å². The van der Waals surface area contributed by atoms with Gasteiger partial charge in [0.15, 0.2) is 0 Å². The molecule has 1 saturated heterocycles. The van der Waals surface area contributed by atoms with Crippen LogP contribution in [0, 0.1) is 0 Å². The molecule has 0 unspecified atom stereocenters. The van der Waals surface area contributed by atoms with Gasteiger partial charge in [0.2, 0.25) is 6.41 Å². The van der Waals surface area contributed by atoms with E-state index in [1.165, 1.54) is 11.1 Å². The third kappa shape index (κ3) is 4.75. The number of nitrogens with one attached hydrogen (secondary N) is 1. The number of nitrogens with zero attached hydrogens (tertiary/aromatic N) is 3. The van der Waals surface area contributed by atoms with Crippen molar-refractivity contribution >= 4 is 23.8 Å². The van der Waals surface area contributed by atoms with Crippen molar-refractivity contribution in [3.8, 4) is 0 Å². The lowest BCUT2D eigenvalue weighted by Gasteiger charge is -2.32. The van der Waals surface area contributed by atoms with Gasteiger partial charge in [0.05, 0.1) is 0 Å². The fourth-order valence-corrected chi connectivity index (χ4v) is 3.67. The number of carbonyl (C=O) groups excluding carboxylic acids is 2. The maximum atomic E-state index is 12.9. The van der Waals surface area contributed by atoms with Gasteiger partial charge in [-0.15, -0.1) is 0 Å². The molecule has 1 aromatic carbocycles. The van der Waals surface area contributed by atoms with Gasteiger partial charge in [-0.2, -0.15) is 0 Å². The Kier molecular flexibility index (Phi) is 6.52. The van der Waals surface area contributed by atoms with Gasteiger partial charge in [-0.1, -0.05) is 45.9 Å². The molecule has 0 bridgehead atoms. The molecule has 0 spiro atoms. The van der Waals surface area contributed by atoms with E-state index in [4.69, 9.17) is 0 Å². The average molecular weight is 395 g/mol. The first-order valence-corrected chi connectivity index (χ1v) is 10.2. The topological polar surface area (TPSA) is 65.5 Å². The summed E-state index contributed by atoms with van der Waals surface area (Å²) in [6, 6.07) is 9.94. The van der Waals surface area contributed by atoms with Crippen molar-refractivity contribution in [1.82, 2.24) is 14.8 Å². The molecule has 3 rings (SSSR count). The van der Waals surface area contributed by atoms with Gasteiger partial charge in [-0.25, -0.2) is 4.98 Å². The number of amides is 2. The molecule has 154 valence electrons. The van der Waals surface area contributed by atoms with Crippen molar-refractivity contribution < 1.29 is 9.59 Å².